The topological polar surface area (TPSA) is 104 Å². The Hall–Kier alpha value is -1.85. The molecule has 6 heteroatoms. The number of carboxylic acid groups (broad SMARTS) is 2. The molecule has 15 heavy (non-hydrogen) atoms. The van der Waals surface area contributed by atoms with Gasteiger partial charge in [0.25, 0.3) is 0 Å². The van der Waals surface area contributed by atoms with E-state index < -0.39 is 24.4 Å². The van der Waals surface area contributed by atoms with Gasteiger partial charge in [-0.1, -0.05) is 0 Å². The molecule has 0 bridgehead atoms. The zero-order valence-electron chi connectivity index (χ0n) is 8.48. The average Bonchev–Trinajstić information content (AvgIpc) is 1.99. The van der Waals surface area contributed by atoms with E-state index >= 15 is 0 Å². The molecule has 0 saturated carbocycles. The Balaban J connectivity index is 4.48. The van der Waals surface area contributed by atoms with Gasteiger partial charge >= 0.3 is 11.9 Å². The monoisotopic (exact) mass is 215 g/mol. The fourth-order valence-electron chi connectivity index (χ4n) is 0.996. The summed E-state index contributed by atoms with van der Waals surface area (Å²) >= 11 is 0. The SMILES string of the molecule is CC(=O)/C=C(\C)NC(CC(=O)O)C(=O)O. The number of hydrogen-bond acceptors (Lipinski definition) is 4. The molecule has 6 nitrogen and oxygen atoms in total. The van der Waals surface area contributed by atoms with Crippen LogP contribution in [-0.2, 0) is 14.4 Å². The first kappa shape index (κ1) is 13.2. The van der Waals surface area contributed by atoms with Gasteiger partial charge in [0, 0.05) is 5.70 Å². The van der Waals surface area contributed by atoms with Crippen molar-refractivity contribution >= 4 is 17.7 Å². The van der Waals surface area contributed by atoms with E-state index in [9.17, 15) is 14.4 Å². The van der Waals surface area contributed by atoms with Crippen LogP contribution in [0.15, 0.2) is 11.8 Å². The number of carbonyl (C=O) groups is 3. The molecular formula is C9H13NO5. The standard InChI is InChI=1S/C9H13NO5/c1-5(3-6(2)11)10-7(9(14)15)4-8(12)13/h3,7,10H,4H2,1-2H3,(H,12,13)(H,14,15)/b5-3+. The third-order valence-corrected chi connectivity index (χ3v) is 1.50. The Kier molecular flexibility index (Phi) is 5.08. The number of aliphatic carboxylic acids is 2. The van der Waals surface area contributed by atoms with Crippen LogP contribution in [0.4, 0.5) is 0 Å². The van der Waals surface area contributed by atoms with Gasteiger partial charge in [0.15, 0.2) is 5.78 Å². The van der Waals surface area contributed by atoms with Gasteiger partial charge < -0.3 is 15.5 Å². The summed E-state index contributed by atoms with van der Waals surface area (Å²) in [6.07, 6.45) is 0.663. The first-order valence-corrected chi connectivity index (χ1v) is 4.23. The molecule has 84 valence electrons. The molecule has 1 unspecified atom stereocenters. The van der Waals surface area contributed by atoms with Crippen LogP contribution in [0.3, 0.4) is 0 Å². The maximum Gasteiger partial charge on any atom is 0.326 e. The van der Waals surface area contributed by atoms with Crippen molar-refractivity contribution in [3.05, 3.63) is 11.8 Å². The molecule has 0 spiro atoms. The van der Waals surface area contributed by atoms with E-state index in [2.05, 4.69) is 5.32 Å². The summed E-state index contributed by atoms with van der Waals surface area (Å²) in [7, 11) is 0. The summed E-state index contributed by atoms with van der Waals surface area (Å²) in [4.78, 5) is 31.6. The van der Waals surface area contributed by atoms with E-state index in [4.69, 9.17) is 10.2 Å². The van der Waals surface area contributed by atoms with Crippen molar-refractivity contribution in [2.45, 2.75) is 26.3 Å². The predicted molar refractivity (Wildman–Crippen MR) is 51.3 cm³/mol. The van der Waals surface area contributed by atoms with Crippen LogP contribution < -0.4 is 5.32 Å². The fourth-order valence-corrected chi connectivity index (χ4v) is 0.996. The number of carboxylic acids is 2. The summed E-state index contributed by atoms with van der Waals surface area (Å²) in [5.74, 6) is -2.72. The van der Waals surface area contributed by atoms with Gasteiger partial charge in [0.1, 0.15) is 6.04 Å². The molecule has 0 saturated heterocycles. The van der Waals surface area contributed by atoms with Gasteiger partial charge in [0.2, 0.25) is 0 Å². The second kappa shape index (κ2) is 5.79. The molecule has 0 rings (SSSR count). The molecule has 0 heterocycles. The molecule has 1 atom stereocenters. The van der Waals surface area contributed by atoms with Crippen molar-refractivity contribution in [2.75, 3.05) is 0 Å². The van der Waals surface area contributed by atoms with Gasteiger partial charge in [-0.15, -0.1) is 0 Å². The molecule has 0 aromatic carbocycles. The lowest BCUT2D eigenvalue weighted by molar-refractivity contribution is -0.145. The van der Waals surface area contributed by atoms with E-state index in [-0.39, 0.29) is 5.78 Å². The van der Waals surface area contributed by atoms with Gasteiger partial charge in [-0.2, -0.15) is 0 Å². The first-order valence-electron chi connectivity index (χ1n) is 4.23. The van der Waals surface area contributed by atoms with Crippen LogP contribution >= 0.6 is 0 Å². The Bertz CT molecular complexity index is 308. The Morgan fingerprint density at radius 3 is 2.13 bits per heavy atom. The van der Waals surface area contributed by atoms with Gasteiger partial charge in [-0.25, -0.2) is 4.79 Å². The summed E-state index contributed by atoms with van der Waals surface area (Å²) in [5.41, 5.74) is 0.330. The predicted octanol–water partition coefficient (Wildman–Crippen LogP) is -0.00330. The van der Waals surface area contributed by atoms with E-state index in [1.165, 1.54) is 19.9 Å². The molecule has 0 aromatic heterocycles. The highest BCUT2D eigenvalue weighted by atomic mass is 16.4. The van der Waals surface area contributed by atoms with Crippen LogP contribution in [-0.4, -0.2) is 34.0 Å². The van der Waals surface area contributed by atoms with Crippen molar-refractivity contribution in [3.8, 4) is 0 Å². The molecule has 0 aliphatic heterocycles. The number of nitrogens with one attached hydrogen (secondary N) is 1. The third kappa shape index (κ3) is 6.25. The summed E-state index contributed by atoms with van der Waals surface area (Å²) in [5, 5.41) is 19.5. The molecule has 0 radical (unpaired) electrons. The Morgan fingerprint density at radius 1 is 1.27 bits per heavy atom. The smallest absolute Gasteiger partial charge is 0.326 e. The van der Waals surface area contributed by atoms with Crippen molar-refractivity contribution in [1.29, 1.82) is 0 Å². The highest BCUT2D eigenvalue weighted by Gasteiger charge is 2.20. The van der Waals surface area contributed by atoms with Gasteiger partial charge in [-0.05, 0) is 19.9 Å². The van der Waals surface area contributed by atoms with Gasteiger partial charge in [0.05, 0.1) is 6.42 Å². The minimum atomic E-state index is -1.27. The summed E-state index contributed by atoms with van der Waals surface area (Å²) in [6, 6.07) is -1.22. The van der Waals surface area contributed by atoms with Crippen LogP contribution in [0.25, 0.3) is 0 Å². The van der Waals surface area contributed by atoms with Crippen LogP contribution in [0, 0.1) is 0 Å². The Morgan fingerprint density at radius 2 is 1.80 bits per heavy atom. The van der Waals surface area contributed by atoms with Crippen molar-refractivity contribution in [3.63, 3.8) is 0 Å². The molecule has 0 aromatic rings. The number of hydrogen-bond donors (Lipinski definition) is 3. The number of carbonyl (C=O) groups excluding carboxylic acids is 1. The van der Waals surface area contributed by atoms with E-state index in [0.29, 0.717) is 5.70 Å². The number of allylic oxidation sites excluding steroid dienone is 2. The van der Waals surface area contributed by atoms with Crippen LogP contribution in [0.2, 0.25) is 0 Å². The summed E-state index contributed by atoms with van der Waals surface area (Å²) in [6.45, 7) is 2.82. The second-order valence-electron chi connectivity index (χ2n) is 3.07. The van der Waals surface area contributed by atoms with Crippen molar-refractivity contribution in [2.24, 2.45) is 0 Å². The van der Waals surface area contributed by atoms with E-state index in [1.54, 1.807) is 0 Å². The number of rotatable bonds is 6. The highest BCUT2D eigenvalue weighted by Crippen LogP contribution is 1.97. The van der Waals surface area contributed by atoms with Crippen molar-refractivity contribution in [1.82, 2.24) is 5.32 Å². The maximum atomic E-state index is 10.6. The quantitative estimate of drug-likeness (QED) is 0.538. The zero-order chi connectivity index (χ0) is 12.0. The first-order chi connectivity index (χ1) is 6.82. The lowest BCUT2D eigenvalue weighted by atomic mass is 10.2. The number of ketones is 1. The Labute approximate surface area is 86.6 Å². The molecule has 0 amide bonds. The maximum absolute atomic E-state index is 10.6. The molecule has 0 aliphatic carbocycles. The lowest BCUT2D eigenvalue weighted by Gasteiger charge is -2.13. The highest BCUT2D eigenvalue weighted by molar-refractivity contribution is 5.88. The van der Waals surface area contributed by atoms with Crippen molar-refractivity contribution < 1.29 is 24.6 Å². The van der Waals surface area contributed by atoms with E-state index in [1.807, 2.05) is 0 Å². The molecular weight excluding hydrogens is 202 g/mol. The summed E-state index contributed by atoms with van der Waals surface area (Å²) < 4.78 is 0. The minimum absolute atomic E-state index is 0.237. The average molecular weight is 215 g/mol. The fraction of sp³-hybridized carbons (Fsp3) is 0.444. The van der Waals surface area contributed by atoms with E-state index in [0.717, 1.165) is 0 Å². The zero-order valence-corrected chi connectivity index (χ0v) is 8.48. The minimum Gasteiger partial charge on any atom is -0.481 e. The normalized spacial score (nSPS) is 13.1. The third-order valence-electron chi connectivity index (χ3n) is 1.50. The lowest BCUT2D eigenvalue weighted by Crippen LogP contribution is -2.37. The molecule has 0 aliphatic rings. The van der Waals surface area contributed by atoms with Gasteiger partial charge in [-0.3, -0.25) is 9.59 Å². The second-order valence-corrected chi connectivity index (χ2v) is 3.07. The van der Waals surface area contributed by atoms with Crippen LogP contribution in [0.5, 0.6) is 0 Å². The molecule has 3 N–H and O–H groups in total. The largest absolute Gasteiger partial charge is 0.481 e. The molecule has 0 fully saturated rings. The van der Waals surface area contributed by atoms with Crippen LogP contribution in [0.1, 0.15) is 20.3 Å².